The van der Waals surface area contributed by atoms with Crippen LogP contribution in [-0.2, 0) is 9.47 Å². The molecule has 3 amide bonds. The second-order valence-electron chi connectivity index (χ2n) is 10.2. The first-order valence-electron chi connectivity index (χ1n) is 12.5. The number of carbonyl (C=O) groups excluding carboxylic acids is 2. The van der Waals surface area contributed by atoms with Crippen molar-refractivity contribution >= 4 is 17.8 Å². The average Bonchev–Trinajstić information content (AvgIpc) is 3.43. The summed E-state index contributed by atoms with van der Waals surface area (Å²) in [5, 5.41) is 10.3. The number of urea groups is 1. The van der Waals surface area contributed by atoms with Crippen LogP contribution >= 0.6 is 0 Å². The van der Waals surface area contributed by atoms with E-state index in [1.165, 1.54) is 0 Å². The van der Waals surface area contributed by atoms with Crippen molar-refractivity contribution in [1.82, 2.24) is 30.1 Å². The van der Waals surface area contributed by atoms with Crippen LogP contribution in [0, 0.1) is 5.92 Å². The van der Waals surface area contributed by atoms with Crippen LogP contribution in [0.4, 0.5) is 18.4 Å². The molecule has 12 heteroatoms. The standard InChI is InChI=1S/C24H32F2N6O4/c1-14-11-31(22(33)28-14)19(13-35-2)16-9-20-29-18(12-32(20)27-10-16)21(30-23(34)36-17-3-4-17)15-5-7-24(25,26)8-6-15/h9-10,12,14-15,17,19,21H,3-8,11,13H2,1-2H3,(H,28,33)(H,30,34)/t14-,19-,21+/m1/s1. The lowest BCUT2D eigenvalue weighted by Crippen LogP contribution is -2.37. The third-order valence-corrected chi connectivity index (χ3v) is 7.17. The number of nitrogens with zero attached hydrogens (tertiary/aromatic N) is 4. The summed E-state index contributed by atoms with van der Waals surface area (Å²) in [4.78, 5) is 31.4. The number of ether oxygens (including phenoxy) is 2. The smallest absolute Gasteiger partial charge is 0.407 e. The first-order chi connectivity index (χ1) is 17.2. The molecule has 2 saturated carbocycles. The number of halogens is 2. The first-order valence-corrected chi connectivity index (χ1v) is 12.5. The molecule has 0 aromatic carbocycles. The highest BCUT2D eigenvalue weighted by atomic mass is 19.3. The van der Waals surface area contributed by atoms with Crippen molar-refractivity contribution in [2.24, 2.45) is 5.92 Å². The topological polar surface area (TPSA) is 110 Å². The predicted molar refractivity (Wildman–Crippen MR) is 125 cm³/mol. The van der Waals surface area contributed by atoms with Crippen molar-refractivity contribution in [1.29, 1.82) is 0 Å². The maximum Gasteiger partial charge on any atom is 0.407 e. The number of hydrogen-bond donors (Lipinski definition) is 2. The Hall–Kier alpha value is -3.02. The third-order valence-electron chi connectivity index (χ3n) is 7.17. The van der Waals surface area contributed by atoms with Gasteiger partial charge in [0.05, 0.1) is 36.8 Å². The number of fused-ring (bicyclic) bond motifs is 1. The summed E-state index contributed by atoms with van der Waals surface area (Å²) >= 11 is 0. The number of amides is 3. The van der Waals surface area contributed by atoms with Crippen LogP contribution in [0.25, 0.3) is 5.65 Å². The van der Waals surface area contributed by atoms with E-state index in [0.29, 0.717) is 24.5 Å². The van der Waals surface area contributed by atoms with E-state index in [4.69, 9.17) is 14.5 Å². The molecule has 3 aliphatic rings. The van der Waals surface area contributed by atoms with Crippen LogP contribution in [0.15, 0.2) is 18.5 Å². The zero-order valence-electron chi connectivity index (χ0n) is 20.5. The molecule has 2 N–H and O–H groups in total. The molecule has 3 heterocycles. The highest BCUT2D eigenvalue weighted by Gasteiger charge is 2.40. The lowest BCUT2D eigenvalue weighted by Gasteiger charge is -2.33. The van der Waals surface area contributed by atoms with E-state index < -0.39 is 18.1 Å². The van der Waals surface area contributed by atoms with E-state index in [2.05, 4.69) is 15.7 Å². The second kappa shape index (κ2) is 9.79. The number of aromatic nitrogens is 3. The molecule has 196 valence electrons. The average molecular weight is 507 g/mol. The van der Waals surface area contributed by atoms with E-state index in [-0.39, 0.29) is 55.8 Å². The van der Waals surface area contributed by atoms with Gasteiger partial charge in [-0.05, 0) is 44.6 Å². The maximum atomic E-state index is 13.8. The number of methoxy groups -OCH3 is 1. The van der Waals surface area contributed by atoms with Crippen LogP contribution in [0.3, 0.4) is 0 Å². The molecule has 0 spiro atoms. The molecule has 36 heavy (non-hydrogen) atoms. The molecule has 1 aliphatic heterocycles. The molecule has 0 bridgehead atoms. The fourth-order valence-electron chi connectivity index (χ4n) is 5.08. The number of imidazole rings is 1. The summed E-state index contributed by atoms with van der Waals surface area (Å²) in [6.45, 7) is 2.77. The molecule has 0 unspecified atom stereocenters. The zero-order valence-corrected chi connectivity index (χ0v) is 20.5. The molecule has 3 atom stereocenters. The van der Waals surface area contributed by atoms with Crippen molar-refractivity contribution < 1.29 is 27.8 Å². The van der Waals surface area contributed by atoms with Gasteiger partial charge in [0.15, 0.2) is 5.65 Å². The lowest BCUT2D eigenvalue weighted by molar-refractivity contribution is -0.0497. The molecular formula is C24H32F2N6O4. The number of alkyl carbamates (subject to hydrolysis) is 1. The van der Waals surface area contributed by atoms with Gasteiger partial charge in [-0.2, -0.15) is 5.10 Å². The van der Waals surface area contributed by atoms with E-state index in [9.17, 15) is 18.4 Å². The van der Waals surface area contributed by atoms with Crippen LogP contribution < -0.4 is 10.6 Å². The van der Waals surface area contributed by atoms with E-state index in [1.807, 2.05) is 13.0 Å². The first kappa shape index (κ1) is 24.7. The summed E-state index contributed by atoms with van der Waals surface area (Å²) in [5.74, 6) is -2.88. The second-order valence-corrected chi connectivity index (χ2v) is 10.2. The Morgan fingerprint density at radius 2 is 2.06 bits per heavy atom. The Kier molecular flexibility index (Phi) is 6.71. The SMILES string of the molecule is COC[C@H](c1cnn2cc([C@@H](NC(=O)OC3CC3)C3CCC(F)(F)CC3)nc2c1)N1C[C@@H](C)NC1=O. The monoisotopic (exact) mass is 506 g/mol. The highest BCUT2D eigenvalue weighted by Crippen LogP contribution is 2.41. The predicted octanol–water partition coefficient (Wildman–Crippen LogP) is 3.59. The van der Waals surface area contributed by atoms with Crippen LogP contribution in [0.5, 0.6) is 0 Å². The Balaban J connectivity index is 1.41. The fourth-order valence-corrected chi connectivity index (χ4v) is 5.08. The van der Waals surface area contributed by atoms with Crippen LogP contribution in [0.1, 0.15) is 68.8 Å². The van der Waals surface area contributed by atoms with Gasteiger partial charge < -0.3 is 25.0 Å². The minimum absolute atomic E-state index is 0.0247. The molecule has 10 nitrogen and oxygen atoms in total. The Morgan fingerprint density at radius 3 is 2.69 bits per heavy atom. The number of alkyl halides is 2. The van der Waals surface area contributed by atoms with E-state index in [0.717, 1.165) is 18.4 Å². The molecule has 2 aromatic rings. The summed E-state index contributed by atoms with van der Waals surface area (Å²) < 4.78 is 40.0. The van der Waals surface area contributed by atoms with E-state index in [1.54, 1.807) is 28.9 Å². The van der Waals surface area contributed by atoms with Crippen molar-refractivity contribution in [3.63, 3.8) is 0 Å². The lowest BCUT2D eigenvalue weighted by atomic mass is 9.81. The third kappa shape index (κ3) is 5.37. The van der Waals surface area contributed by atoms with Crippen molar-refractivity contribution in [3.8, 4) is 0 Å². The minimum atomic E-state index is -2.68. The van der Waals surface area contributed by atoms with Crippen LogP contribution in [0.2, 0.25) is 0 Å². The number of carbonyl (C=O) groups is 2. The van der Waals surface area contributed by atoms with Gasteiger partial charge in [-0.3, -0.25) is 0 Å². The quantitative estimate of drug-likeness (QED) is 0.566. The highest BCUT2D eigenvalue weighted by molar-refractivity contribution is 5.77. The molecular weight excluding hydrogens is 474 g/mol. The summed E-state index contributed by atoms with van der Waals surface area (Å²) in [7, 11) is 1.58. The Bertz CT molecular complexity index is 1110. The number of hydrogen-bond acceptors (Lipinski definition) is 6. The molecule has 2 aliphatic carbocycles. The normalized spacial score (nSPS) is 23.9. The van der Waals surface area contributed by atoms with Gasteiger partial charge in [0, 0.05) is 38.1 Å². The molecule has 0 radical (unpaired) electrons. The minimum Gasteiger partial charge on any atom is -0.446 e. The summed E-state index contributed by atoms with van der Waals surface area (Å²) in [6, 6.07) is 0.779. The van der Waals surface area contributed by atoms with Gasteiger partial charge in [0.2, 0.25) is 5.92 Å². The van der Waals surface area contributed by atoms with Gasteiger partial charge >= 0.3 is 12.1 Å². The Morgan fingerprint density at radius 1 is 1.31 bits per heavy atom. The summed E-state index contributed by atoms with van der Waals surface area (Å²) in [6.07, 6.45) is 4.52. The molecule has 3 fully saturated rings. The van der Waals surface area contributed by atoms with Crippen molar-refractivity contribution in [3.05, 3.63) is 29.7 Å². The zero-order chi connectivity index (χ0) is 25.4. The molecule has 5 rings (SSSR count). The van der Waals surface area contributed by atoms with Gasteiger partial charge in [-0.1, -0.05) is 0 Å². The Labute approximate surface area is 207 Å². The van der Waals surface area contributed by atoms with Crippen molar-refractivity contribution in [2.45, 2.75) is 75.6 Å². The number of rotatable bonds is 8. The fraction of sp³-hybridized carbons (Fsp3) is 0.667. The van der Waals surface area contributed by atoms with Gasteiger partial charge in [-0.25, -0.2) is 27.9 Å². The molecule has 2 aromatic heterocycles. The van der Waals surface area contributed by atoms with E-state index >= 15 is 0 Å². The van der Waals surface area contributed by atoms with Crippen molar-refractivity contribution in [2.75, 3.05) is 20.3 Å². The van der Waals surface area contributed by atoms with Crippen LogP contribution in [-0.4, -0.2) is 70.0 Å². The molecule has 1 saturated heterocycles. The maximum absolute atomic E-state index is 13.8. The van der Waals surface area contributed by atoms with Gasteiger partial charge in [0.1, 0.15) is 6.10 Å². The van der Waals surface area contributed by atoms with Gasteiger partial charge in [-0.15, -0.1) is 0 Å². The summed E-state index contributed by atoms with van der Waals surface area (Å²) in [5.41, 5.74) is 1.83. The number of nitrogens with one attached hydrogen (secondary N) is 2. The van der Waals surface area contributed by atoms with Gasteiger partial charge in [0.25, 0.3) is 0 Å². The largest absolute Gasteiger partial charge is 0.446 e.